The lowest BCUT2D eigenvalue weighted by Crippen LogP contribution is -2.18. The number of anilines is 4. The molecule has 2 aromatic heterocycles. The van der Waals surface area contributed by atoms with Gasteiger partial charge < -0.3 is 15.6 Å². The van der Waals surface area contributed by atoms with Gasteiger partial charge in [0.05, 0.1) is 16.1 Å². The number of sulfonamides is 1. The van der Waals surface area contributed by atoms with Crippen LogP contribution in [-0.4, -0.2) is 36.7 Å². The second-order valence-electron chi connectivity index (χ2n) is 7.19. The van der Waals surface area contributed by atoms with Gasteiger partial charge in [0.1, 0.15) is 18.0 Å². The number of pyridine rings is 1. The van der Waals surface area contributed by atoms with Crippen LogP contribution in [0.1, 0.15) is 5.56 Å². The first-order valence-electron chi connectivity index (χ1n) is 9.90. The lowest BCUT2D eigenvalue weighted by molar-refractivity contribution is 0.588. The molecule has 11 heteroatoms. The first-order valence-corrected chi connectivity index (χ1v) is 12.6. The maximum atomic E-state index is 12.2. The highest BCUT2D eigenvalue weighted by Gasteiger charge is 2.14. The molecule has 4 N–H and O–H groups in total. The predicted octanol–water partition coefficient (Wildman–Crippen LogP) is 3.74. The summed E-state index contributed by atoms with van der Waals surface area (Å²) in [4.78, 5) is 24.2. The van der Waals surface area contributed by atoms with Gasteiger partial charge in [-0.15, -0.1) is 11.8 Å². The van der Waals surface area contributed by atoms with Crippen molar-refractivity contribution in [1.82, 2.24) is 19.7 Å². The highest BCUT2D eigenvalue weighted by molar-refractivity contribution is 7.98. The molecule has 0 saturated heterocycles. The van der Waals surface area contributed by atoms with Crippen LogP contribution >= 0.6 is 11.8 Å². The number of nitrogens with one attached hydrogen (secondary N) is 4. The van der Waals surface area contributed by atoms with E-state index in [0.29, 0.717) is 17.3 Å². The Hall–Kier alpha value is -3.41. The minimum Gasteiger partial charge on any atom is -0.340 e. The standard InChI is InChI=1S/C22H22N6O3S2/c1-13-8-22(29)28-17-9-14(4-6-16(13)17)26-20-11-21(25-12-24-20)27-18-10-15(33(30,31)23-2)5-7-19(18)32-3/h4-12,23H,1-3H3,(H,28,29)(H2,24,25,26,27). The zero-order valence-electron chi connectivity index (χ0n) is 18.1. The van der Waals surface area contributed by atoms with E-state index in [0.717, 1.165) is 27.0 Å². The highest BCUT2D eigenvalue weighted by Crippen LogP contribution is 2.31. The molecule has 170 valence electrons. The molecule has 2 heterocycles. The summed E-state index contributed by atoms with van der Waals surface area (Å²) in [5, 5.41) is 7.35. The predicted molar refractivity (Wildman–Crippen MR) is 132 cm³/mol. The van der Waals surface area contributed by atoms with Crippen molar-refractivity contribution in [2.24, 2.45) is 0 Å². The van der Waals surface area contributed by atoms with E-state index in [9.17, 15) is 13.2 Å². The summed E-state index contributed by atoms with van der Waals surface area (Å²) in [5.41, 5.74) is 2.84. The monoisotopic (exact) mass is 482 g/mol. The largest absolute Gasteiger partial charge is 0.340 e. The number of aryl methyl sites for hydroxylation is 1. The number of rotatable bonds is 7. The van der Waals surface area contributed by atoms with Crippen LogP contribution < -0.4 is 20.9 Å². The molecule has 0 aliphatic rings. The second-order valence-corrected chi connectivity index (χ2v) is 9.92. The summed E-state index contributed by atoms with van der Waals surface area (Å²) in [6, 6.07) is 13.8. The maximum absolute atomic E-state index is 12.2. The van der Waals surface area contributed by atoms with E-state index in [-0.39, 0.29) is 10.5 Å². The van der Waals surface area contributed by atoms with Crippen LogP contribution in [0.15, 0.2) is 69.4 Å². The minimum atomic E-state index is -3.58. The zero-order valence-corrected chi connectivity index (χ0v) is 19.8. The number of aromatic amines is 1. The molecular formula is C22H22N6O3S2. The van der Waals surface area contributed by atoms with Crippen LogP contribution in [0.2, 0.25) is 0 Å². The van der Waals surface area contributed by atoms with Gasteiger partial charge in [-0.1, -0.05) is 6.07 Å². The van der Waals surface area contributed by atoms with Gasteiger partial charge in [0, 0.05) is 28.1 Å². The average molecular weight is 483 g/mol. The van der Waals surface area contributed by atoms with Gasteiger partial charge >= 0.3 is 0 Å². The zero-order chi connectivity index (χ0) is 23.6. The molecule has 0 saturated carbocycles. The molecule has 0 atom stereocenters. The van der Waals surface area contributed by atoms with Crippen LogP contribution in [0, 0.1) is 6.92 Å². The van der Waals surface area contributed by atoms with Crippen molar-refractivity contribution in [3.8, 4) is 0 Å². The molecule has 0 aliphatic carbocycles. The fourth-order valence-electron chi connectivity index (χ4n) is 3.36. The van der Waals surface area contributed by atoms with E-state index in [1.807, 2.05) is 31.4 Å². The van der Waals surface area contributed by atoms with Gasteiger partial charge in [-0.05, 0) is 56.1 Å². The fourth-order valence-corrected chi connectivity index (χ4v) is 4.65. The number of fused-ring (bicyclic) bond motifs is 1. The molecule has 4 aromatic rings. The molecule has 0 aliphatic heterocycles. The van der Waals surface area contributed by atoms with Crippen LogP contribution in [0.25, 0.3) is 10.9 Å². The van der Waals surface area contributed by atoms with E-state index >= 15 is 0 Å². The number of nitrogens with zero attached hydrogens (tertiary/aromatic N) is 2. The van der Waals surface area contributed by atoms with Gasteiger partial charge in [-0.3, -0.25) is 4.79 Å². The quantitative estimate of drug-likeness (QED) is 0.293. The summed E-state index contributed by atoms with van der Waals surface area (Å²) >= 11 is 1.49. The van der Waals surface area contributed by atoms with E-state index in [4.69, 9.17) is 0 Å². The van der Waals surface area contributed by atoms with Crippen LogP contribution in [-0.2, 0) is 10.0 Å². The van der Waals surface area contributed by atoms with Crippen LogP contribution in [0.3, 0.4) is 0 Å². The molecule has 9 nitrogen and oxygen atoms in total. The van der Waals surface area contributed by atoms with Gasteiger partial charge in [0.15, 0.2) is 0 Å². The third-order valence-corrected chi connectivity index (χ3v) is 7.21. The Bertz CT molecular complexity index is 1500. The SMILES string of the molecule is CNS(=O)(=O)c1ccc(SC)c(Nc2cc(Nc3ccc4c(C)cc(=O)[nH]c4c3)ncn2)c1. The van der Waals surface area contributed by atoms with Gasteiger partial charge in [0.2, 0.25) is 15.6 Å². The smallest absolute Gasteiger partial charge is 0.248 e. The Kier molecular flexibility index (Phi) is 6.36. The Labute approximate surface area is 195 Å². The van der Waals surface area contributed by atoms with Crippen molar-refractivity contribution in [3.63, 3.8) is 0 Å². The van der Waals surface area contributed by atoms with E-state index < -0.39 is 10.0 Å². The lowest BCUT2D eigenvalue weighted by atomic mass is 10.1. The third-order valence-electron chi connectivity index (χ3n) is 5.00. The third kappa shape index (κ3) is 5.00. The van der Waals surface area contributed by atoms with E-state index in [2.05, 4.69) is 30.3 Å². The first kappa shape index (κ1) is 22.8. The van der Waals surface area contributed by atoms with Gasteiger partial charge in [-0.25, -0.2) is 23.1 Å². The number of aromatic nitrogens is 3. The second kappa shape index (κ2) is 9.22. The summed E-state index contributed by atoms with van der Waals surface area (Å²) in [7, 11) is -2.21. The summed E-state index contributed by atoms with van der Waals surface area (Å²) in [5.74, 6) is 1.03. The number of thioether (sulfide) groups is 1. The van der Waals surface area contributed by atoms with Crippen LogP contribution in [0.5, 0.6) is 0 Å². The Morgan fingerprint density at radius 3 is 2.45 bits per heavy atom. The number of H-pyrrole nitrogens is 1. The van der Waals surface area contributed by atoms with Gasteiger partial charge in [-0.2, -0.15) is 0 Å². The van der Waals surface area contributed by atoms with Crippen molar-refractivity contribution in [1.29, 1.82) is 0 Å². The van der Waals surface area contributed by atoms with Crippen molar-refractivity contribution in [2.45, 2.75) is 16.7 Å². The number of hydrogen-bond donors (Lipinski definition) is 4. The highest BCUT2D eigenvalue weighted by atomic mass is 32.2. The number of benzene rings is 2. The van der Waals surface area contributed by atoms with E-state index in [1.54, 1.807) is 30.3 Å². The molecular weight excluding hydrogens is 460 g/mol. The van der Waals surface area contributed by atoms with Crippen molar-refractivity contribution >= 4 is 55.7 Å². The minimum absolute atomic E-state index is 0.151. The topological polar surface area (TPSA) is 129 Å². The number of hydrogen-bond acceptors (Lipinski definition) is 8. The van der Waals surface area contributed by atoms with E-state index in [1.165, 1.54) is 25.1 Å². The Balaban J connectivity index is 1.62. The fraction of sp³-hybridized carbons (Fsp3) is 0.136. The average Bonchev–Trinajstić information content (AvgIpc) is 2.79. The van der Waals surface area contributed by atoms with Crippen molar-refractivity contribution in [2.75, 3.05) is 23.9 Å². The summed E-state index contributed by atoms with van der Waals surface area (Å²) < 4.78 is 26.7. The van der Waals surface area contributed by atoms with Crippen molar-refractivity contribution < 1.29 is 8.42 Å². The first-order chi connectivity index (χ1) is 15.8. The molecule has 0 spiro atoms. The lowest BCUT2D eigenvalue weighted by Gasteiger charge is -2.13. The molecule has 2 aromatic carbocycles. The van der Waals surface area contributed by atoms with Crippen LogP contribution in [0.4, 0.5) is 23.0 Å². The molecule has 0 fully saturated rings. The van der Waals surface area contributed by atoms with Gasteiger partial charge in [0.25, 0.3) is 0 Å². The molecule has 0 amide bonds. The summed E-state index contributed by atoms with van der Waals surface area (Å²) in [6.45, 7) is 1.90. The normalized spacial score (nSPS) is 11.5. The Morgan fingerprint density at radius 1 is 0.970 bits per heavy atom. The molecule has 4 rings (SSSR count). The molecule has 33 heavy (non-hydrogen) atoms. The Morgan fingerprint density at radius 2 is 1.73 bits per heavy atom. The molecule has 0 unspecified atom stereocenters. The molecule has 0 bridgehead atoms. The maximum Gasteiger partial charge on any atom is 0.248 e. The van der Waals surface area contributed by atoms with Crippen molar-refractivity contribution in [3.05, 3.63) is 70.8 Å². The summed E-state index contributed by atoms with van der Waals surface area (Å²) in [6.07, 6.45) is 3.32. The molecule has 0 radical (unpaired) electrons.